The van der Waals surface area contributed by atoms with Crippen LogP contribution < -0.4 is 11.1 Å². The summed E-state index contributed by atoms with van der Waals surface area (Å²) in [6.07, 6.45) is 0.918. The van der Waals surface area contributed by atoms with E-state index in [-0.39, 0.29) is 12.6 Å². The first-order chi connectivity index (χ1) is 7.52. The van der Waals surface area contributed by atoms with Crippen LogP contribution >= 0.6 is 0 Å². The van der Waals surface area contributed by atoms with Crippen molar-refractivity contribution >= 4 is 11.5 Å². The molecule has 0 saturated heterocycles. The molecule has 4 heteroatoms. The van der Waals surface area contributed by atoms with Crippen LogP contribution in [0.2, 0.25) is 0 Å². The minimum atomic E-state index is 0.0514. The van der Waals surface area contributed by atoms with Gasteiger partial charge in [-0.1, -0.05) is 13.8 Å². The number of anilines is 2. The molecule has 4 nitrogen and oxygen atoms in total. The van der Waals surface area contributed by atoms with Crippen molar-refractivity contribution in [2.45, 2.75) is 33.2 Å². The van der Waals surface area contributed by atoms with Gasteiger partial charge in [-0.3, -0.25) is 0 Å². The molecule has 1 unspecified atom stereocenters. The number of aromatic nitrogens is 1. The Morgan fingerprint density at radius 1 is 1.44 bits per heavy atom. The number of aryl methyl sites for hydroxylation is 1. The van der Waals surface area contributed by atoms with E-state index >= 15 is 0 Å². The Balaban J connectivity index is 2.66. The summed E-state index contributed by atoms with van der Waals surface area (Å²) in [5, 5.41) is 12.5. The van der Waals surface area contributed by atoms with Gasteiger partial charge >= 0.3 is 0 Å². The predicted molar refractivity (Wildman–Crippen MR) is 67.3 cm³/mol. The van der Waals surface area contributed by atoms with E-state index in [1.165, 1.54) is 0 Å². The van der Waals surface area contributed by atoms with Crippen LogP contribution in [0.15, 0.2) is 12.1 Å². The maximum atomic E-state index is 9.25. The van der Waals surface area contributed by atoms with E-state index in [1.807, 2.05) is 19.1 Å². The SMILES string of the molecule is Cc1nc(NC(CO)CC(C)C)ccc1N. The quantitative estimate of drug-likeness (QED) is 0.711. The number of aliphatic hydroxyl groups is 1. The van der Waals surface area contributed by atoms with E-state index in [0.717, 1.165) is 17.9 Å². The summed E-state index contributed by atoms with van der Waals surface area (Å²) >= 11 is 0. The van der Waals surface area contributed by atoms with Crippen molar-refractivity contribution in [3.05, 3.63) is 17.8 Å². The molecule has 0 fully saturated rings. The van der Waals surface area contributed by atoms with E-state index in [2.05, 4.69) is 24.1 Å². The Hall–Kier alpha value is -1.29. The summed E-state index contributed by atoms with van der Waals surface area (Å²) in [6.45, 7) is 6.25. The largest absolute Gasteiger partial charge is 0.397 e. The van der Waals surface area contributed by atoms with E-state index < -0.39 is 0 Å². The zero-order valence-electron chi connectivity index (χ0n) is 10.2. The second-order valence-electron chi connectivity index (χ2n) is 4.52. The summed E-state index contributed by atoms with van der Waals surface area (Å²) in [7, 11) is 0. The van der Waals surface area contributed by atoms with Crippen LogP contribution in [-0.4, -0.2) is 22.7 Å². The lowest BCUT2D eigenvalue weighted by atomic mass is 10.0. The van der Waals surface area contributed by atoms with E-state index in [4.69, 9.17) is 5.73 Å². The van der Waals surface area contributed by atoms with Crippen molar-refractivity contribution in [1.82, 2.24) is 4.98 Å². The van der Waals surface area contributed by atoms with Gasteiger partial charge in [0.1, 0.15) is 5.82 Å². The molecule has 0 amide bonds. The fraction of sp³-hybridized carbons (Fsp3) is 0.583. The van der Waals surface area contributed by atoms with Crippen molar-refractivity contribution in [2.24, 2.45) is 5.92 Å². The third-order valence-corrected chi connectivity index (χ3v) is 2.46. The van der Waals surface area contributed by atoms with Gasteiger partial charge in [-0.2, -0.15) is 0 Å². The van der Waals surface area contributed by atoms with Crippen LogP contribution in [0.25, 0.3) is 0 Å². The Labute approximate surface area is 96.9 Å². The molecule has 0 radical (unpaired) electrons. The summed E-state index contributed by atoms with van der Waals surface area (Å²) < 4.78 is 0. The van der Waals surface area contributed by atoms with E-state index in [1.54, 1.807) is 0 Å². The Bertz CT molecular complexity index is 339. The lowest BCUT2D eigenvalue weighted by Gasteiger charge is -2.19. The summed E-state index contributed by atoms with van der Waals surface area (Å²) in [5.74, 6) is 1.31. The summed E-state index contributed by atoms with van der Waals surface area (Å²) in [6, 6.07) is 3.72. The van der Waals surface area contributed by atoms with Crippen LogP contribution in [0, 0.1) is 12.8 Å². The van der Waals surface area contributed by atoms with Crippen molar-refractivity contribution in [3.8, 4) is 0 Å². The third kappa shape index (κ3) is 3.70. The number of hydrogen-bond acceptors (Lipinski definition) is 4. The number of rotatable bonds is 5. The number of pyridine rings is 1. The Kier molecular flexibility index (Phi) is 4.55. The third-order valence-electron chi connectivity index (χ3n) is 2.46. The van der Waals surface area contributed by atoms with E-state index in [9.17, 15) is 5.11 Å². The van der Waals surface area contributed by atoms with Gasteiger partial charge in [0.25, 0.3) is 0 Å². The molecule has 1 aromatic rings. The van der Waals surface area contributed by atoms with Crippen molar-refractivity contribution in [2.75, 3.05) is 17.7 Å². The number of nitrogens with one attached hydrogen (secondary N) is 1. The van der Waals surface area contributed by atoms with Crippen molar-refractivity contribution < 1.29 is 5.11 Å². The smallest absolute Gasteiger partial charge is 0.126 e. The molecular formula is C12H21N3O. The molecule has 1 aromatic heterocycles. The molecule has 90 valence electrons. The molecule has 0 aromatic carbocycles. The lowest BCUT2D eigenvalue weighted by Crippen LogP contribution is -2.26. The zero-order valence-corrected chi connectivity index (χ0v) is 10.2. The standard InChI is InChI=1S/C12H21N3O/c1-8(2)6-10(7-16)15-12-5-4-11(13)9(3)14-12/h4-5,8,10,16H,6-7,13H2,1-3H3,(H,14,15). The first kappa shape index (κ1) is 12.8. The first-order valence-corrected chi connectivity index (χ1v) is 5.63. The molecule has 0 saturated carbocycles. The highest BCUT2D eigenvalue weighted by Gasteiger charge is 2.10. The Morgan fingerprint density at radius 3 is 2.62 bits per heavy atom. The molecule has 4 N–H and O–H groups in total. The van der Waals surface area contributed by atoms with Crippen LogP contribution in [0.5, 0.6) is 0 Å². The normalized spacial score (nSPS) is 12.8. The number of nitrogens with two attached hydrogens (primary N) is 1. The number of aliphatic hydroxyl groups excluding tert-OH is 1. The minimum absolute atomic E-state index is 0.0514. The molecule has 0 spiro atoms. The van der Waals surface area contributed by atoms with Crippen LogP contribution in [0.1, 0.15) is 26.0 Å². The first-order valence-electron chi connectivity index (χ1n) is 5.63. The lowest BCUT2D eigenvalue weighted by molar-refractivity contribution is 0.259. The average molecular weight is 223 g/mol. The average Bonchev–Trinajstić information content (AvgIpc) is 2.22. The fourth-order valence-corrected chi connectivity index (χ4v) is 1.61. The van der Waals surface area contributed by atoms with Gasteiger partial charge in [0, 0.05) is 0 Å². The number of hydrogen-bond donors (Lipinski definition) is 3. The molecule has 0 bridgehead atoms. The van der Waals surface area contributed by atoms with Gasteiger partial charge in [0.15, 0.2) is 0 Å². The number of nitrogen functional groups attached to an aromatic ring is 1. The molecule has 0 aliphatic carbocycles. The summed E-state index contributed by atoms with van der Waals surface area (Å²) in [5.41, 5.74) is 7.19. The minimum Gasteiger partial charge on any atom is -0.397 e. The molecule has 16 heavy (non-hydrogen) atoms. The highest BCUT2D eigenvalue weighted by Crippen LogP contribution is 2.14. The van der Waals surface area contributed by atoms with Crippen LogP contribution in [-0.2, 0) is 0 Å². The Morgan fingerprint density at radius 2 is 2.12 bits per heavy atom. The topological polar surface area (TPSA) is 71.2 Å². The second kappa shape index (κ2) is 5.70. The fourth-order valence-electron chi connectivity index (χ4n) is 1.61. The second-order valence-corrected chi connectivity index (χ2v) is 4.52. The van der Waals surface area contributed by atoms with Gasteiger partial charge in [-0.25, -0.2) is 4.98 Å². The predicted octanol–water partition coefficient (Wildman–Crippen LogP) is 1.79. The van der Waals surface area contributed by atoms with Gasteiger partial charge < -0.3 is 16.2 Å². The summed E-state index contributed by atoms with van der Waals surface area (Å²) in [4.78, 5) is 4.32. The molecule has 0 aliphatic heterocycles. The van der Waals surface area contributed by atoms with Gasteiger partial charge in [0.2, 0.25) is 0 Å². The van der Waals surface area contributed by atoms with Gasteiger partial charge in [-0.05, 0) is 31.4 Å². The molecule has 1 rings (SSSR count). The van der Waals surface area contributed by atoms with Gasteiger partial charge in [-0.15, -0.1) is 0 Å². The van der Waals surface area contributed by atoms with Gasteiger partial charge in [0.05, 0.1) is 24.0 Å². The zero-order chi connectivity index (χ0) is 12.1. The monoisotopic (exact) mass is 223 g/mol. The molecule has 1 heterocycles. The van der Waals surface area contributed by atoms with Crippen molar-refractivity contribution in [3.63, 3.8) is 0 Å². The maximum Gasteiger partial charge on any atom is 0.126 e. The molecular weight excluding hydrogens is 202 g/mol. The van der Waals surface area contributed by atoms with Crippen LogP contribution in [0.3, 0.4) is 0 Å². The highest BCUT2D eigenvalue weighted by molar-refractivity contribution is 5.49. The number of nitrogens with zero attached hydrogens (tertiary/aromatic N) is 1. The van der Waals surface area contributed by atoms with E-state index in [0.29, 0.717) is 11.6 Å². The highest BCUT2D eigenvalue weighted by atomic mass is 16.3. The van der Waals surface area contributed by atoms with Crippen molar-refractivity contribution in [1.29, 1.82) is 0 Å². The molecule has 0 aliphatic rings. The van der Waals surface area contributed by atoms with Crippen LogP contribution in [0.4, 0.5) is 11.5 Å². The maximum absolute atomic E-state index is 9.25. The molecule has 1 atom stereocenters.